The molecule has 0 aliphatic rings. The van der Waals surface area contributed by atoms with E-state index in [0.29, 0.717) is 0 Å². The molecule has 2 heteroatoms. The largest absolute Gasteiger partial charge is 0.388 e. The van der Waals surface area contributed by atoms with Crippen LogP contribution in [-0.4, -0.2) is 7.05 Å². The number of hydrogen-bond donors (Lipinski definition) is 1. The van der Waals surface area contributed by atoms with E-state index in [0.717, 1.165) is 16.8 Å². The van der Waals surface area contributed by atoms with Crippen LogP contribution in [-0.2, 0) is 0 Å². The van der Waals surface area contributed by atoms with Crippen molar-refractivity contribution in [3.63, 3.8) is 0 Å². The topological polar surface area (TPSA) is 12.0 Å². The fourth-order valence-electron chi connectivity index (χ4n) is 3.56. The molecule has 0 aliphatic carbocycles. The Kier molecular flexibility index (Phi) is 4.36. The molecule has 0 radical (unpaired) electrons. The fourth-order valence-corrected chi connectivity index (χ4v) is 4.68. The fraction of sp³-hybridized carbons (Fsp3) is 0.0833. The van der Waals surface area contributed by atoms with Crippen molar-refractivity contribution in [3.8, 4) is 0 Å². The molecule has 1 N–H and O–H groups in total. The molecule has 0 unspecified atom stereocenters. The third-order valence-corrected chi connectivity index (χ3v) is 5.90. The number of nitrogens with one attached hydrogen (secondary N) is 1. The van der Waals surface area contributed by atoms with E-state index in [4.69, 9.17) is 0 Å². The van der Waals surface area contributed by atoms with Crippen molar-refractivity contribution in [1.82, 2.24) is 0 Å². The quantitative estimate of drug-likeness (QED) is 0.408. The normalized spacial score (nSPS) is 11.5. The van der Waals surface area contributed by atoms with Crippen molar-refractivity contribution in [2.75, 3.05) is 12.4 Å². The van der Waals surface area contributed by atoms with Crippen LogP contribution in [0.3, 0.4) is 0 Å². The number of fused-ring (bicyclic) bond motifs is 3. The highest BCUT2D eigenvalue weighted by Gasteiger charge is 2.15. The molecule has 26 heavy (non-hydrogen) atoms. The maximum Gasteiger partial charge on any atom is 0.0417 e. The van der Waals surface area contributed by atoms with E-state index in [9.17, 15) is 0 Å². The van der Waals surface area contributed by atoms with Crippen molar-refractivity contribution in [2.45, 2.75) is 6.92 Å². The molecule has 0 atom stereocenters. The Labute approximate surface area is 158 Å². The first-order chi connectivity index (χ1) is 12.7. The van der Waals surface area contributed by atoms with Gasteiger partial charge in [-0.2, -0.15) is 0 Å². The van der Waals surface area contributed by atoms with Gasteiger partial charge in [-0.15, -0.1) is 11.3 Å². The van der Waals surface area contributed by atoms with E-state index in [1.54, 1.807) is 0 Å². The highest BCUT2D eigenvalue weighted by molar-refractivity contribution is 7.25. The lowest BCUT2D eigenvalue weighted by atomic mass is 9.91. The van der Waals surface area contributed by atoms with Gasteiger partial charge in [-0.25, -0.2) is 0 Å². The average Bonchev–Trinajstić information content (AvgIpc) is 3.07. The van der Waals surface area contributed by atoms with Crippen LogP contribution in [0.2, 0.25) is 0 Å². The number of anilines is 1. The minimum atomic E-state index is 1.04. The Bertz CT molecular complexity index is 1150. The summed E-state index contributed by atoms with van der Waals surface area (Å²) in [5, 5.41) is 5.92. The van der Waals surface area contributed by atoms with Crippen molar-refractivity contribution >= 4 is 48.8 Å². The van der Waals surface area contributed by atoms with Crippen molar-refractivity contribution in [3.05, 3.63) is 90.0 Å². The first kappa shape index (κ1) is 16.6. The molecule has 0 fully saturated rings. The molecule has 0 spiro atoms. The first-order valence-electron chi connectivity index (χ1n) is 8.78. The summed E-state index contributed by atoms with van der Waals surface area (Å²) in [6.45, 7) is 6.52. The monoisotopic (exact) mass is 355 g/mol. The smallest absolute Gasteiger partial charge is 0.0417 e. The molecular weight excluding hydrogens is 334 g/mol. The summed E-state index contributed by atoms with van der Waals surface area (Å²) in [5.41, 5.74) is 5.71. The van der Waals surface area contributed by atoms with Crippen molar-refractivity contribution in [1.29, 1.82) is 0 Å². The summed E-state index contributed by atoms with van der Waals surface area (Å²) in [6, 6.07) is 21.4. The number of rotatable bonds is 4. The summed E-state index contributed by atoms with van der Waals surface area (Å²) in [6.07, 6.45) is 4.33. The van der Waals surface area contributed by atoms with Crippen LogP contribution in [0.1, 0.15) is 23.6 Å². The van der Waals surface area contributed by atoms with Crippen LogP contribution in [0.15, 0.2) is 73.3 Å². The average molecular weight is 356 g/mol. The third kappa shape index (κ3) is 2.63. The Balaban J connectivity index is 2.02. The molecule has 4 rings (SSSR count). The van der Waals surface area contributed by atoms with Crippen LogP contribution in [0.25, 0.3) is 31.8 Å². The summed E-state index contributed by atoms with van der Waals surface area (Å²) in [5.74, 6) is 0. The molecule has 1 nitrogen and oxygen atoms in total. The van der Waals surface area contributed by atoms with Crippen LogP contribution < -0.4 is 5.32 Å². The molecule has 0 aliphatic heterocycles. The van der Waals surface area contributed by atoms with E-state index in [1.807, 2.05) is 24.5 Å². The molecule has 128 valence electrons. The summed E-state index contributed by atoms with van der Waals surface area (Å²) >= 11 is 1.85. The van der Waals surface area contributed by atoms with Crippen LogP contribution in [0.4, 0.5) is 5.69 Å². The second kappa shape index (κ2) is 6.81. The SMILES string of the molecule is C=C(c1ccccc1NC)c1ccc2sc3ccccc3c2c1/C=C\C. The van der Waals surface area contributed by atoms with Gasteiger partial charge < -0.3 is 5.32 Å². The Morgan fingerprint density at radius 3 is 2.50 bits per heavy atom. The zero-order chi connectivity index (χ0) is 18.1. The van der Waals surface area contributed by atoms with Gasteiger partial charge in [0.2, 0.25) is 0 Å². The number of thiophene rings is 1. The highest BCUT2D eigenvalue weighted by Crippen LogP contribution is 2.40. The molecule has 0 bridgehead atoms. The second-order valence-corrected chi connectivity index (χ2v) is 7.36. The van der Waals surface area contributed by atoms with Crippen molar-refractivity contribution in [2.24, 2.45) is 0 Å². The molecule has 1 aromatic heterocycles. The Morgan fingerprint density at radius 1 is 0.923 bits per heavy atom. The Hall–Kier alpha value is -2.84. The van der Waals surface area contributed by atoms with Gasteiger partial charge in [0.05, 0.1) is 0 Å². The number of hydrogen-bond acceptors (Lipinski definition) is 2. The second-order valence-electron chi connectivity index (χ2n) is 6.27. The molecule has 4 aromatic rings. The maximum absolute atomic E-state index is 4.45. The molecule has 1 heterocycles. The van der Waals surface area contributed by atoms with Gasteiger partial charge in [0, 0.05) is 38.5 Å². The zero-order valence-corrected chi connectivity index (χ0v) is 15.9. The molecule has 0 amide bonds. The van der Waals surface area contributed by atoms with Crippen molar-refractivity contribution < 1.29 is 0 Å². The predicted octanol–water partition coefficient (Wildman–Crippen LogP) is 7.19. The van der Waals surface area contributed by atoms with Crippen LogP contribution >= 0.6 is 11.3 Å². The lowest BCUT2D eigenvalue weighted by molar-refractivity contribution is 1.47. The molecule has 0 saturated carbocycles. The number of allylic oxidation sites excluding steroid dienone is 1. The van der Waals surface area contributed by atoms with E-state index >= 15 is 0 Å². The molecular formula is C24H21NS. The summed E-state index contributed by atoms with van der Waals surface area (Å²) < 4.78 is 2.64. The van der Waals surface area contributed by atoms with E-state index in [2.05, 4.69) is 85.6 Å². The van der Waals surface area contributed by atoms with Crippen LogP contribution in [0, 0.1) is 0 Å². The van der Waals surface area contributed by atoms with Gasteiger partial charge >= 0.3 is 0 Å². The van der Waals surface area contributed by atoms with Gasteiger partial charge in [0.15, 0.2) is 0 Å². The van der Waals surface area contributed by atoms with Gasteiger partial charge in [0.1, 0.15) is 0 Å². The predicted molar refractivity (Wildman–Crippen MR) is 118 cm³/mol. The number of para-hydroxylation sites is 1. The molecule has 3 aromatic carbocycles. The standard InChI is InChI=1S/C24H21NS/c1-4-9-19-17(16(2)18-10-5-7-12-21(18)25-3)14-15-23-24(19)20-11-6-8-13-22(20)26-23/h4-15,25H,2H2,1,3H3/b9-4-. The van der Waals surface area contributed by atoms with E-state index < -0.39 is 0 Å². The molecule has 0 saturated heterocycles. The summed E-state index contributed by atoms with van der Waals surface area (Å²) in [4.78, 5) is 0. The first-order valence-corrected chi connectivity index (χ1v) is 9.59. The van der Waals surface area contributed by atoms with Gasteiger partial charge in [-0.05, 0) is 41.8 Å². The van der Waals surface area contributed by atoms with E-state index in [-0.39, 0.29) is 0 Å². The maximum atomic E-state index is 4.45. The van der Waals surface area contributed by atoms with Crippen LogP contribution in [0.5, 0.6) is 0 Å². The summed E-state index contributed by atoms with van der Waals surface area (Å²) in [7, 11) is 1.95. The van der Waals surface area contributed by atoms with Gasteiger partial charge in [-0.3, -0.25) is 0 Å². The highest BCUT2D eigenvalue weighted by atomic mass is 32.1. The van der Waals surface area contributed by atoms with E-state index in [1.165, 1.54) is 31.3 Å². The number of benzene rings is 3. The third-order valence-electron chi connectivity index (χ3n) is 4.76. The van der Waals surface area contributed by atoms with Gasteiger partial charge in [0.25, 0.3) is 0 Å². The van der Waals surface area contributed by atoms with Gasteiger partial charge in [-0.1, -0.05) is 61.2 Å². The minimum absolute atomic E-state index is 1.04. The lowest BCUT2D eigenvalue weighted by Gasteiger charge is -2.15. The Morgan fingerprint density at radius 2 is 1.69 bits per heavy atom. The minimum Gasteiger partial charge on any atom is -0.388 e. The lowest BCUT2D eigenvalue weighted by Crippen LogP contribution is -1.97. The zero-order valence-electron chi connectivity index (χ0n) is 15.0.